The number of anilines is 2. The number of hydrogen-bond donors (Lipinski definition) is 1. The zero-order chi connectivity index (χ0) is 21.1. The number of benzene rings is 3. The summed E-state index contributed by atoms with van der Waals surface area (Å²) in [5, 5.41) is 2.41. The Hall–Kier alpha value is -3.35. The number of halogens is 4. The molecule has 0 radical (unpaired) electrons. The molecule has 0 spiro atoms. The number of nitrogens with one attached hydrogen (secondary N) is 1. The van der Waals surface area contributed by atoms with Gasteiger partial charge in [0.05, 0.1) is 12.0 Å². The predicted molar refractivity (Wildman–Crippen MR) is 104 cm³/mol. The van der Waals surface area contributed by atoms with Gasteiger partial charge in [0, 0.05) is 19.8 Å². The number of para-hydroxylation sites is 1. The minimum absolute atomic E-state index is 0.0174. The van der Waals surface area contributed by atoms with Gasteiger partial charge >= 0.3 is 0 Å². The van der Waals surface area contributed by atoms with Crippen LogP contribution in [-0.2, 0) is 11.2 Å². The summed E-state index contributed by atoms with van der Waals surface area (Å²) in [6.07, 6.45) is -0.0491. The van der Waals surface area contributed by atoms with Crippen LogP contribution >= 0.6 is 0 Å². The van der Waals surface area contributed by atoms with Crippen LogP contribution in [0.25, 0.3) is 11.1 Å². The number of hydrogen-bond acceptors (Lipinski definition) is 2. The van der Waals surface area contributed by atoms with Crippen LogP contribution < -0.4 is 5.32 Å². The molecular weight excluding hydrogens is 384 g/mol. The number of carbonyl (C=O) groups excluding carboxylic acids is 1. The van der Waals surface area contributed by atoms with E-state index in [9.17, 15) is 22.4 Å². The first-order valence-electron chi connectivity index (χ1n) is 8.77. The zero-order valence-corrected chi connectivity index (χ0v) is 15.8. The van der Waals surface area contributed by atoms with Crippen LogP contribution in [0.2, 0.25) is 0 Å². The van der Waals surface area contributed by atoms with Gasteiger partial charge in [0.15, 0.2) is 23.3 Å². The Labute approximate surface area is 165 Å². The second-order valence-corrected chi connectivity index (χ2v) is 6.62. The lowest BCUT2D eigenvalue weighted by molar-refractivity contribution is -0.127. The molecule has 0 aliphatic rings. The molecule has 0 aromatic heterocycles. The molecule has 3 nitrogen and oxygen atoms in total. The second kappa shape index (κ2) is 8.34. The maximum Gasteiger partial charge on any atom is 0.226 e. The van der Waals surface area contributed by atoms with E-state index in [4.69, 9.17) is 0 Å². The summed E-state index contributed by atoms with van der Waals surface area (Å²) in [6.45, 7) is 0. The molecule has 150 valence electrons. The lowest BCUT2D eigenvalue weighted by Gasteiger charge is -2.17. The van der Waals surface area contributed by atoms with Crippen LogP contribution in [0.1, 0.15) is 5.56 Å². The Bertz CT molecular complexity index is 1020. The first-order valence-corrected chi connectivity index (χ1v) is 8.77. The fourth-order valence-corrected chi connectivity index (χ4v) is 2.85. The molecule has 0 aliphatic carbocycles. The zero-order valence-electron chi connectivity index (χ0n) is 15.8. The van der Waals surface area contributed by atoms with Gasteiger partial charge < -0.3 is 10.2 Å². The third kappa shape index (κ3) is 4.08. The van der Waals surface area contributed by atoms with E-state index in [1.807, 2.05) is 0 Å². The van der Waals surface area contributed by atoms with E-state index in [-0.39, 0.29) is 23.6 Å². The molecule has 3 rings (SSSR count). The Morgan fingerprint density at radius 2 is 1.38 bits per heavy atom. The van der Waals surface area contributed by atoms with Crippen molar-refractivity contribution in [2.75, 3.05) is 19.4 Å². The van der Waals surface area contributed by atoms with Gasteiger partial charge in [0.2, 0.25) is 5.91 Å². The molecule has 0 fully saturated rings. The largest absolute Gasteiger partial charge is 0.350 e. The highest BCUT2D eigenvalue weighted by Crippen LogP contribution is 2.36. The van der Waals surface area contributed by atoms with E-state index in [0.29, 0.717) is 5.56 Å². The third-order valence-corrected chi connectivity index (χ3v) is 4.44. The maximum absolute atomic E-state index is 14.7. The molecule has 0 saturated heterocycles. The van der Waals surface area contributed by atoms with Crippen LogP contribution in [0.15, 0.2) is 54.6 Å². The van der Waals surface area contributed by atoms with Crippen molar-refractivity contribution in [1.82, 2.24) is 4.90 Å². The lowest BCUT2D eigenvalue weighted by atomic mass is 10.0. The quantitative estimate of drug-likeness (QED) is 0.465. The number of amides is 1. The average molecular weight is 402 g/mol. The van der Waals surface area contributed by atoms with Gasteiger partial charge in [-0.3, -0.25) is 4.79 Å². The van der Waals surface area contributed by atoms with Gasteiger partial charge in [-0.25, -0.2) is 17.6 Å². The van der Waals surface area contributed by atoms with Gasteiger partial charge in [0.1, 0.15) is 5.69 Å². The summed E-state index contributed by atoms with van der Waals surface area (Å²) in [5.41, 5.74) is -1.11. The normalized spacial score (nSPS) is 10.7. The van der Waals surface area contributed by atoms with Crippen LogP contribution in [-0.4, -0.2) is 24.9 Å². The highest BCUT2D eigenvalue weighted by molar-refractivity contribution is 5.81. The van der Waals surface area contributed by atoms with E-state index in [1.165, 1.54) is 35.2 Å². The van der Waals surface area contributed by atoms with Crippen molar-refractivity contribution in [1.29, 1.82) is 0 Å². The Morgan fingerprint density at radius 1 is 0.828 bits per heavy atom. The monoisotopic (exact) mass is 402 g/mol. The topological polar surface area (TPSA) is 32.3 Å². The average Bonchev–Trinajstić information content (AvgIpc) is 2.71. The van der Waals surface area contributed by atoms with Gasteiger partial charge in [-0.2, -0.15) is 0 Å². The van der Waals surface area contributed by atoms with Crippen LogP contribution in [0.5, 0.6) is 0 Å². The molecule has 3 aromatic rings. The molecule has 0 bridgehead atoms. The molecule has 7 heteroatoms. The highest BCUT2D eigenvalue weighted by Gasteiger charge is 2.27. The third-order valence-electron chi connectivity index (χ3n) is 4.44. The lowest BCUT2D eigenvalue weighted by Crippen LogP contribution is -2.23. The number of nitrogens with zero attached hydrogens (tertiary/aromatic N) is 1. The van der Waals surface area contributed by atoms with Gasteiger partial charge in [-0.05, 0) is 17.2 Å². The van der Waals surface area contributed by atoms with Crippen molar-refractivity contribution in [2.24, 2.45) is 0 Å². The van der Waals surface area contributed by atoms with Crippen molar-refractivity contribution in [3.63, 3.8) is 0 Å². The van der Waals surface area contributed by atoms with Crippen LogP contribution in [0.3, 0.4) is 0 Å². The maximum atomic E-state index is 14.7. The van der Waals surface area contributed by atoms with E-state index in [0.717, 1.165) is 0 Å². The number of carbonyl (C=O) groups is 1. The molecule has 0 atom stereocenters. The SMILES string of the molecule is CN(C)C(=O)Cc1ccccc1Nc1c(F)c(F)c(-c2ccccc2)c(F)c1F. The van der Waals surface area contributed by atoms with Crippen molar-refractivity contribution >= 4 is 17.3 Å². The summed E-state index contributed by atoms with van der Waals surface area (Å²) in [4.78, 5) is 13.4. The Kier molecular flexibility index (Phi) is 5.87. The highest BCUT2D eigenvalue weighted by atomic mass is 19.2. The Morgan fingerprint density at radius 3 is 1.97 bits per heavy atom. The fraction of sp³-hybridized carbons (Fsp3) is 0.136. The summed E-state index contributed by atoms with van der Waals surface area (Å²) >= 11 is 0. The van der Waals surface area contributed by atoms with Crippen molar-refractivity contribution in [2.45, 2.75) is 6.42 Å². The van der Waals surface area contributed by atoms with Gasteiger partial charge in [0.25, 0.3) is 0 Å². The standard InChI is InChI=1S/C22H18F4N2O/c1-28(2)16(29)12-14-10-6-7-11-15(14)27-22-20(25)18(23)17(19(24)21(22)26)13-8-4-3-5-9-13/h3-11,27H,12H2,1-2H3. The van der Waals surface area contributed by atoms with Crippen molar-refractivity contribution in [3.8, 4) is 11.1 Å². The molecule has 1 N–H and O–H groups in total. The molecule has 0 heterocycles. The minimum atomic E-state index is -1.54. The predicted octanol–water partition coefficient (Wildman–Crippen LogP) is 5.28. The van der Waals surface area contributed by atoms with Gasteiger partial charge in [-0.15, -0.1) is 0 Å². The molecule has 0 saturated carbocycles. The molecule has 29 heavy (non-hydrogen) atoms. The van der Waals surface area contributed by atoms with E-state index >= 15 is 0 Å². The second-order valence-electron chi connectivity index (χ2n) is 6.62. The van der Waals surface area contributed by atoms with E-state index in [1.54, 1.807) is 38.4 Å². The van der Waals surface area contributed by atoms with Crippen LogP contribution in [0, 0.1) is 23.3 Å². The minimum Gasteiger partial charge on any atom is -0.350 e. The van der Waals surface area contributed by atoms with Crippen molar-refractivity contribution in [3.05, 3.63) is 83.4 Å². The van der Waals surface area contributed by atoms with Crippen molar-refractivity contribution < 1.29 is 22.4 Å². The van der Waals surface area contributed by atoms with E-state index in [2.05, 4.69) is 5.32 Å². The van der Waals surface area contributed by atoms with Crippen LogP contribution in [0.4, 0.5) is 28.9 Å². The summed E-state index contributed by atoms with van der Waals surface area (Å²) in [6, 6.07) is 13.6. The number of likely N-dealkylation sites (N-methyl/N-ethyl adjacent to an activating group) is 1. The number of rotatable bonds is 5. The van der Waals surface area contributed by atoms with Gasteiger partial charge in [-0.1, -0.05) is 48.5 Å². The summed E-state index contributed by atoms with van der Waals surface area (Å²) < 4.78 is 58.6. The summed E-state index contributed by atoms with van der Waals surface area (Å²) in [5.74, 6) is -6.33. The molecule has 3 aromatic carbocycles. The molecule has 1 amide bonds. The van der Waals surface area contributed by atoms with E-state index < -0.39 is 34.5 Å². The fourth-order valence-electron chi connectivity index (χ4n) is 2.85. The first kappa shape index (κ1) is 20.4. The summed E-state index contributed by atoms with van der Waals surface area (Å²) in [7, 11) is 3.15. The molecule has 0 unspecified atom stereocenters. The smallest absolute Gasteiger partial charge is 0.226 e. The molecular formula is C22H18F4N2O. The first-order chi connectivity index (χ1) is 13.8. The molecule has 0 aliphatic heterocycles. The Balaban J connectivity index is 2.05.